The van der Waals surface area contributed by atoms with Crippen molar-refractivity contribution in [2.24, 2.45) is 5.11 Å². The Morgan fingerprint density at radius 3 is 1.74 bits per heavy atom. The molecular formula is C28H31N3O4. The van der Waals surface area contributed by atoms with Gasteiger partial charge < -0.3 is 19.3 Å². The molecule has 1 heterocycles. The fraction of sp³-hybridized carbons (Fsp3) is 0.357. The van der Waals surface area contributed by atoms with Gasteiger partial charge in [-0.1, -0.05) is 103 Å². The molecule has 4 rings (SSSR count). The van der Waals surface area contributed by atoms with E-state index in [0.717, 1.165) is 16.7 Å². The smallest absolute Gasteiger partial charge is 0.163 e. The van der Waals surface area contributed by atoms with Gasteiger partial charge in [0.2, 0.25) is 0 Å². The van der Waals surface area contributed by atoms with Crippen LogP contribution in [0.5, 0.6) is 0 Å². The molecule has 0 aromatic heterocycles. The van der Waals surface area contributed by atoms with Crippen LogP contribution < -0.4 is 0 Å². The highest BCUT2D eigenvalue weighted by molar-refractivity contribution is 5.47. The van der Waals surface area contributed by atoms with Crippen molar-refractivity contribution in [1.82, 2.24) is 0 Å². The van der Waals surface area contributed by atoms with Crippen molar-refractivity contribution < 1.29 is 19.3 Å². The zero-order chi connectivity index (χ0) is 24.9. The van der Waals surface area contributed by atoms with Gasteiger partial charge in [-0.05, 0) is 36.1 Å². The number of azide groups is 1. The van der Waals surface area contributed by atoms with E-state index in [1.165, 1.54) is 0 Å². The monoisotopic (exact) mass is 473 g/mol. The van der Waals surface area contributed by atoms with E-state index in [4.69, 9.17) is 19.7 Å². The molecule has 0 radical (unpaired) electrons. The number of hydrogen-bond donors (Lipinski definition) is 1. The number of rotatable bonds is 9. The molecule has 0 unspecified atom stereocenters. The van der Waals surface area contributed by atoms with Crippen molar-refractivity contribution in [3.63, 3.8) is 0 Å². The van der Waals surface area contributed by atoms with Crippen molar-refractivity contribution in [3.05, 3.63) is 118 Å². The van der Waals surface area contributed by atoms with Crippen LogP contribution in [0.3, 0.4) is 0 Å². The minimum absolute atomic E-state index is 0.0394. The van der Waals surface area contributed by atoms with Gasteiger partial charge in [-0.3, -0.25) is 0 Å². The first kappa shape index (κ1) is 24.9. The fourth-order valence-electron chi connectivity index (χ4n) is 4.71. The first-order valence-corrected chi connectivity index (χ1v) is 11.8. The third kappa shape index (κ3) is 5.25. The lowest BCUT2D eigenvalue weighted by atomic mass is 9.80. The number of hydrogen-bond acceptors (Lipinski definition) is 5. The SMILES string of the molecule is C[C@H](N=[N+]=[N-])[C@H]1OC(C)(C)O[C@@H]1[C@H](O)COC(c1ccccc1)(c1ccccc1)c1ccccc1. The van der Waals surface area contributed by atoms with Gasteiger partial charge in [-0.25, -0.2) is 0 Å². The van der Waals surface area contributed by atoms with Crippen LogP contribution in [0.4, 0.5) is 0 Å². The van der Waals surface area contributed by atoms with Crippen LogP contribution in [0, 0.1) is 0 Å². The number of benzene rings is 3. The average Bonchev–Trinajstić information content (AvgIpc) is 3.22. The van der Waals surface area contributed by atoms with Gasteiger partial charge in [0.1, 0.15) is 17.8 Å². The average molecular weight is 474 g/mol. The van der Waals surface area contributed by atoms with Gasteiger partial charge in [-0.2, -0.15) is 0 Å². The van der Waals surface area contributed by atoms with Crippen LogP contribution >= 0.6 is 0 Å². The lowest BCUT2D eigenvalue weighted by molar-refractivity contribution is -0.162. The van der Waals surface area contributed by atoms with Crippen molar-refractivity contribution >= 4 is 0 Å². The zero-order valence-corrected chi connectivity index (χ0v) is 20.2. The van der Waals surface area contributed by atoms with Crippen LogP contribution in [0.15, 0.2) is 96.1 Å². The Hall–Kier alpha value is -3.19. The molecule has 7 nitrogen and oxygen atoms in total. The second-order valence-corrected chi connectivity index (χ2v) is 9.17. The summed E-state index contributed by atoms with van der Waals surface area (Å²) in [6.45, 7) is 5.26. The van der Waals surface area contributed by atoms with E-state index in [0.29, 0.717) is 0 Å². The highest BCUT2D eigenvalue weighted by Crippen LogP contribution is 2.41. The van der Waals surface area contributed by atoms with Gasteiger partial charge in [0.15, 0.2) is 5.79 Å². The van der Waals surface area contributed by atoms with Crippen molar-refractivity contribution in [1.29, 1.82) is 0 Å². The molecule has 7 heteroatoms. The number of aliphatic hydroxyl groups excluding tert-OH is 1. The lowest BCUT2D eigenvalue weighted by Crippen LogP contribution is -2.45. The second kappa shape index (κ2) is 10.6. The molecular weight excluding hydrogens is 442 g/mol. The van der Waals surface area contributed by atoms with E-state index < -0.39 is 35.7 Å². The largest absolute Gasteiger partial charge is 0.388 e. The summed E-state index contributed by atoms with van der Waals surface area (Å²) in [6, 6.07) is 29.4. The van der Waals surface area contributed by atoms with E-state index in [2.05, 4.69) is 10.0 Å². The summed E-state index contributed by atoms with van der Waals surface area (Å²) in [5.41, 5.74) is 10.8. The predicted octanol–water partition coefficient (Wildman–Crippen LogP) is 5.57. The molecule has 0 amide bonds. The van der Waals surface area contributed by atoms with Crippen LogP contribution in [-0.2, 0) is 19.8 Å². The van der Waals surface area contributed by atoms with Crippen LogP contribution in [0.1, 0.15) is 37.5 Å². The molecule has 35 heavy (non-hydrogen) atoms. The summed E-state index contributed by atoms with van der Waals surface area (Å²) in [5, 5.41) is 15.1. The Morgan fingerprint density at radius 2 is 1.31 bits per heavy atom. The zero-order valence-electron chi connectivity index (χ0n) is 20.2. The highest BCUT2D eigenvalue weighted by atomic mass is 16.8. The molecule has 1 aliphatic heterocycles. The van der Waals surface area contributed by atoms with Crippen molar-refractivity contribution in [2.45, 2.75) is 56.5 Å². The van der Waals surface area contributed by atoms with Crippen molar-refractivity contribution in [3.8, 4) is 0 Å². The van der Waals surface area contributed by atoms with Crippen LogP contribution in [-0.4, -0.2) is 41.9 Å². The van der Waals surface area contributed by atoms with Gasteiger partial charge in [0.05, 0.1) is 18.8 Å². The molecule has 3 aromatic carbocycles. The Kier molecular flexibility index (Phi) is 7.55. The minimum atomic E-state index is -1.03. The molecule has 182 valence electrons. The topological polar surface area (TPSA) is 96.7 Å². The van der Waals surface area contributed by atoms with E-state index in [9.17, 15) is 5.11 Å². The summed E-state index contributed by atoms with van der Waals surface area (Å²) in [6.07, 6.45) is -2.38. The summed E-state index contributed by atoms with van der Waals surface area (Å²) >= 11 is 0. The third-order valence-corrected chi connectivity index (χ3v) is 6.26. The first-order chi connectivity index (χ1) is 16.9. The van der Waals surface area contributed by atoms with Gasteiger partial charge >= 0.3 is 0 Å². The normalized spacial score (nSPS) is 21.1. The van der Waals surface area contributed by atoms with Gasteiger partial charge in [0.25, 0.3) is 0 Å². The molecule has 1 aliphatic rings. The fourth-order valence-corrected chi connectivity index (χ4v) is 4.71. The summed E-state index contributed by atoms with van der Waals surface area (Å²) in [7, 11) is 0. The Balaban J connectivity index is 1.72. The summed E-state index contributed by atoms with van der Waals surface area (Å²) < 4.78 is 18.7. The Morgan fingerprint density at radius 1 is 0.886 bits per heavy atom. The molecule has 0 aliphatic carbocycles. The van der Waals surface area contributed by atoms with Crippen LogP contribution in [0.2, 0.25) is 0 Å². The van der Waals surface area contributed by atoms with Crippen LogP contribution in [0.25, 0.3) is 10.4 Å². The standard InChI is InChI=1S/C28H31N3O4/c1-20(30-31-29)25-26(35-27(2,3)34-25)24(32)19-33-28(21-13-7-4-8-14-21,22-15-9-5-10-16-22)23-17-11-6-12-18-23/h4-18,20,24-26,32H,19H2,1-3H3/t20-,24+,25+,26+/m0/s1. The molecule has 0 bridgehead atoms. The summed E-state index contributed by atoms with van der Waals surface area (Å²) in [4.78, 5) is 2.90. The maximum absolute atomic E-state index is 11.3. The molecule has 4 atom stereocenters. The Bertz CT molecular complexity index is 1040. The molecule has 1 N–H and O–H groups in total. The van der Waals surface area contributed by atoms with E-state index in [1.54, 1.807) is 20.8 Å². The predicted molar refractivity (Wildman–Crippen MR) is 134 cm³/mol. The molecule has 1 saturated heterocycles. The number of nitrogens with zero attached hydrogens (tertiary/aromatic N) is 3. The number of aliphatic hydroxyl groups is 1. The maximum atomic E-state index is 11.3. The molecule has 0 saturated carbocycles. The van der Waals surface area contributed by atoms with Gasteiger partial charge in [-0.15, -0.1) is 0 Å². The molecule has 0 spiro atoms. The molecule has 1 fully saturated rings. The van der Waals surface area contributed by atoms with E-state index >= 15 is 0 Å². The van der Waals surface area contributed by atoms with E-state index in [-0.39, 0.29) is 6.61 Å². The lowest BCUT2D eigenvalue weighted by Gasteiger charge is -2.37. The van der Waals surface area contributed by atoms with Crippen molar-refractivity contribution in [2.75, 3.05) is 6.61 Å². The van der Waals surface area contributed by atoms with Gasteiger partial charge in [0, 0.05) is 4.91 Å². The third-order valence-electron chi connectivity index (χ3n) is 6.26. The Labute approximate surface area is 205 Å². The highest BCUT2D eigenvalue weighted by Gasteiger charge is 2.48. The maximum Gasteiger partial charge on any atom is 0.163 e. The molecule has 3 aromatic rings. The first-order valence-electron chi connectivity index (χ1n) is 11.8. The second-order valence-electron chi connectivity index (χ2n) is 9.17. The number of ether oxygens (including phenoxy) is 3. The quantitative estimate of drug-likeness (QED) is 0.190. The minimum Gasteiger partial charge on any atom is -0.388 e. The summed E-state index contributed by atoms with van der Waals surface area (Å²) in [5.74, 6) is -0.926. The van der Waals surface area contributed by atoms with E-state index in [1.807, 2.05) is 91.0 Å².